The van der Waals surface area contributed by atoms with E-state index in [1.165, 1.54) is 25.9 Å². The molecular weight excluding hydrogens is 302 g/mol. The highest BCUT2D eigenvalue weighted by molar-refractivity contribution is 5.79. The van der Waals surface area contributed by atoms with Gasteiger partial charge in [-0.25, -0.2) is 0 Å². The van der Waals surface area contributed by atoms with Gasteiger partial charge >= 0.3 is 0 Å². The van der Waals surface area contributed by atoms with Gasteiger partial charge in [0.2, 0.25) is 0 Å². The molecule has 0 saturated carbocycles. The molecule has 2 aliphatic heterocycles. The lowest BCUT2D eigenvalue weighted by atomic mass is 9.97. The van der Waals surface area contributed by atoms with Gasteiger partial charge in [0.05, 0.1) is 13.2 Å². The fraction of sp³-hybridized carbons (Fsp3) is 0.944. The molecule has 0 radical (unpaired) electrons. The van der Waals surface area contributed by atoms with E-state index in [1.807, 2.05) is 0 Å². The number of hydrogen-bond acceptors (Lipinski definition) is 4. The molecular formula is C18H37N5O. The van der Waals surface area contributed by atoms with E-state index in [-0.39, 0.29) is 0 Å². The normalized spacial score (nSPS) is 24.3. The molecule has 0 aliphatic carbocycles. The van der Waals surface area contributed by atoms with E-state index in [2.05, 4.69) is 41.2 Å². The monoisotopic (exact) mass is 339 g/mol. The highest BCUT2D eigenvalue weighted by Crippen LogP contribution is 2.18. The third-order valence-corrected chi connectivity index (χ3v) is 4.96. The molecule has 0 spiro atoms. The minimum Gasteiger partial charge on any atom is -0.379 e. The first kappa shape index (κ1) is 19.5. The minimum absolute atomic E-state index is 0.650. The van der Waals surface area contributed by atoms with Crippen LogP contribution in [0.5, 0.6) is 0 Å². The molecule has 24 heavy (non-hydrogen) atoms. The zero-order chi connectivity index (χ0) is 17.2. The van der Waals surface area contributed by atoms with E-state index in [1.54, 1.807) is 0 Å². The fourth-order valence-electron chi connectivity index (χ4n) is 3.43. The van der Waals surface area contributed by atoms with Crippen molar-refractivity contribution < 1.29 is 4.74 Å². The van der Waals surface area contributed by atoms with Gasteiger partial charge in [-0.2, -0.15) is 0 Å². The van der Waals surface area contributed by atoms with Crippen LogP contribution in [0.25, 0.3) is 0 Å². The fourth-order valence-corrected chi connectivity index (χ4v) is 3.43. The van der Waals surface area contributed by atoms with Crippen LogP contribution < -0.4 is 10.6 Å². The summed E-state index contributed by atoms with van der Waals surface area (Å²) in [7, 11) is 0. The number of piperidine rings is 1. The molecule has 2 heterocycles. The first-order chi connectivity index (χ1) is 11.7. The lowest BCUT2D eigenvalue weighted by Gasteiger charge is -2.34. The molecule has 1 unspecified atom stereocenters. The van der Waals surface area contributed by atoms with E-state index in [0.29, 0.717) is 12.0 Å². The van der Waals surface area contributed by atoms with Crippen molar-refractivity contribution in [3.63, 3.8) is 0 Å². The third-order valence-electron chi connectivity index (χ3n) is 4.96. The highest BCUT2D eigenvalue weighted by atomic mass is 16.5. The quantitative estimate of drug-likeness (QED) is 0.535. The van der Waals surface area contributed by atoms with Crippen LogP contribution in [0.4, 0.5) is 0 Å². The second-order valence-electron chi connectivity index (χ2n) is 7.20. The zero-order valence-electron chi connectivity index (χ0n) is 15.9. The number of morpholine rings is 1. The van der Waals surface area contributed by atoms with Crippen molar-refractivity contribution in [1.82, 2.24) is 20.4 Å². The molecule has 0 aromatic rings. The number of rotatable bonds is 7. The number of ether oxygens (including phenoxy) is 1. The van der Waals surface area contributed by atoms with E-state index in [4.69, 9.17) is 9.73 Å². The smallest absolute Gasteiger partial charge is 0.191 e. The molecule has 6 heteroatoms. The largest absolute Gasteiger partial charge is 0.379 e. The number of aliphatic imine (C=N–C) groups is 1. The minimum atomic E-state index is 0.650. The Kier molecular flexibility index (Phi) is 8.84. The van der Waals surface area contributed by atoms with Crippen LogP contribution >= 0.6 is 0 Å². The van der Waals surface area contributed by atoms with Crippen LogP contribution in [0, 0.1) is 5.92 Å². The van der Waals surface area contributed by atoms with Crippen LogP contribution in [-0.2, 0) is 4.74 Å². The molecule has 2 aliphatic rings. The van der Waals surface area contributed by atoms with Crippen molar-refractivity contribution in [2.24, 2.45) is 10.9 Å². The van der Waals surface area contributed by atoms with Gasteiger partial charge in [-0.15, -0.1) is 0 Å². The van der Waals surface area contributed by atoms with Crippen molar-refractivity contribution >= 4 is 5.96 Å². The third kappa shape index (κ3) is 6.95. The van der Waals surface area contributed by atoms with Gasteiger partial charge in [0.15, 0.2) is 5.96 Å². The highest BCUT2D eigenvalue weighted by Gasteiger charge is 2.21. The molecule has 0 aromatic carbocycles. The molecule has 140 valence electrons. The van der Waals surface area contributed by atoms with Crippen molar-refractivity contribution in [3.8, 4) is 0 Å². The molecule has 1 atom stereocenters. The first-order valence-electron chi connectivity index (χ1n) is 9.75. The second kappa shape index (κ2) is 10.9. The summed E-state index contributed by atoms with van der Waals surface area (Å²) in [5.41, 5.74) is 0. The van der Waals surface area contributed by atoms with Crippen molar-refractivity contribution in [1.29, 1.82) is 0 Å². The Morgan fingerprint density at radius 1 is 1.21 bits per heavy atom. The number of nitrogens with zero attached hydrogens (tertiary/aromatic N) is 3. The molecule has 2 fully saturated rings. The Labute approximate surface area is 148 Å². The van der Waals surface area contributed by atoms with E-state index in [0.717, 1.165) is 58.4 Å². The average Bonchev–Trinajstić information content (AvgIpc) is 2.61. The van der Waals surface area contributed by atoms with Crippen molar-refractivity contribution in [2.75, 3.05) is 65.6 Å². The molecule has 2 N–H and O–H groups in total. The van der Waals surface area contributed by atoms with Crippen LogP contribution in [0.15, 0.2) is 4.99 Å². The van der Waals surface area contributed by atoms with Crippen molar-refractivity contribution in [3.05, 3.63) is 0 Å². The average molecular weight is 340 g/mol. The number of nitrogens with one attached hydrogen (secondary N) is 2. The summed E-state index contributed by atoms with van der Waals surface area (Å²) in [4.78, 5) is 9.87. The van der Waals surface area contributed by atoms with Gasteiger partial charge in [0.1, 0.15) is 0 Å². The predicted molar refractivity (Wildman–Crippen MR) is 101 cm³/mol. The summed E-state index contributed by atoms with van der Waals surface area (Å²) in [6, 6.07) is 0.650. The van der Waals surface area contributed by atoms with Crippen LogP contribution in [-0.4, -0.2) is 87.4 Å². The van der Waals surface area contributed by atoms with Crippen LogP contribution in [0.3, 0.4) is 0 Å². The SMILES string of the molecule is CCNC(=NCC1CCCN(C(C)C)C1)NCCN1CCOCC1. The summed E-state index contributed by atoms with van der Waals surface area (Å²) in [5, 5.41) is 6.86. The van der Waals surface area contributed by atoms with Gasteiger partial charge in [-0.05, 0) is 46.1 Å². The predicted octanol–water partition coefficient (Wildman–Crippen LogP) is 0.994. The number of guanidine groups is 1. The van der Waals surface area contributed by atoms with Crippen molar-refractivity contribution in [2.45, 2.75) is 39.7 Å². The van der Waals surface area contributed by atoms with E-state index in [9.17, 15) is 0 Å². The molecule has 0 aromatic heterocycles. The summed E-state index contributed by atoms with van der Waals surface area (Å²) < 4.78 is 5.39. The number of hydrogen-bond donors (Lipinski definition) is 2. The second-order valence-corrected chi connectivity index (χ2v) is 7.20. The Balaban J connectivity index is 1.72. The zero-order valence-corrected chi connectivity index (χ0v) is 15.9. The summed E-state index contributed by atoms with van der Waals surface area (Å²) >= 11 is 0. The maximum atomic E-state index is 5.39. The summed E-state index contributed by atoms with van der Waals surface area (Å²) in [5.74, 6) is 1.66. The Morgan fingerprint density at radius 3 is 2.71 bits per heavy atom. The van der Waals surface area contributed by atoms with Gasteiger partial charge in [0.25, 0.3) is 0 Å². The maximum Gasteiger partial charge on any atom is 0.191 e. The Hall–Kier alpha value is -0.850. The lowest BCUT2D eigenvalue weighted by Crippen LogP contribution is -2.45. The van der Waals surface area contributed by atoms with Gasteiger partial charge in [-0.3, -0.25) is 9.89 Å². The first-order valence-corrected chi connectivity index (χ1v) is 9.75. The van der Waals surface area contributed by atoms with E-state index >= 15 is 0 Å². The maximum absolute atomic E-state index is 5.39. The van der Waals surface area contributed by atoms with Crippen LogP contribution in [0.2, 0.25) is 0 Å². The molecule has 2 rings (SSSR count). The van der Waals surface area contributed by atoms with Crippen LogP contribution in [0.1, 0.15) is 33.6 Å². The lowest BCUT2D eigenvalue weighted by molar-refractivity contribution is 0.0389. The molecule has 6 nitrogen and oxygen atoms in total. The number of likely N-dealkylation sites (tertiary alicyclic amines) is 1. The summed E-state index contributed by atoms with van der Waals surface area (Å²) in [6.07, 6.45) is 2.61. The standard InChI is InChI=1S/C18H37N5O/c1-4-19-18(20-7-9-22-10-12-24-13-11-22)21-14-17-6-5-8-23(15-17)16(2)3/h16-17H,4-15H2,1-3H3,(H2,19,20,21). The van der Waals surface area contributed by atoms with Gasteiger partial charge < -0.3 is 20.3 Å². The van der Waals surface area contributed by atoms with Gasteiger partial charge in [-0.1, -0.05) is 0 Å². The Morgan fingerprint density at radius 2 is 2.00 bits per heavy atom. The summed E-state index contributed by atoms with van der Waals surface area (Å²) in [6.45, 7) is 16.8. The molecule has 2 saturated heterocycles. The Bertz CT molecular complexity index is 368. The van der Waals surface area contributed by atoms with Gasteiger partial charge in [0, 0.05) is 51.9 Å². The van der Waals surface area contributed by atoms with E-state index < -0.39 is 0 Å². The topological polar surface area (TPSA) is 52.1 Å². The molecule has 0 amide bonds. The molecule has 0 bridgehead atoms.